The second kappa shape index (κ2) is 2.38. The molecule has 1 aliphatic rings. The standard InChI is InChI=1S/C7H9N3O/c11-5-6-4-9-7-8-2-1-3-10(6)7/h4-5H,1-3H2,(H,8,9). The van der Waals surface area contributed by atoms with E-state index in [0.29, 0.717) is 5.69 Å². The molecule has 0 unspecified atom stereocenters. The summed E-state index contributed by atoms with van der Waals surface area (Å²) in [5, 5.41) is 3.11. The van der Waals surface area contributed by atoms with Crippen molar-refractivity contribution in [2.75, 3.05) is 11.9 Å². The zero-order chi connectivity index (χ0) is 7.68. The molecule has 2 rings (SSSR count). The highest BCUT2D eigenvalue weighted by Gasteiger charge is 2.11. The maximum atomic E-state index is 10.5. The van der Waals surface area contributed by atoms with Crippen LogP contribution in [0.5, 0.6) is 0 Å². The van der Waals surface area contributed by atoms with Gasteiger partial charge in [-0.1, -0.05) is 0 Å². The lowest BCUT2D eigenvalue weighted by Crippen LogP contribution is -2.18. The van der Waals surface area contributed by atoms with Crippen molar-refractivity contribution in [3.8, 4) is 0 Å². The van der Waals surface area contributed by atoms with Gasteiger partial charge in [-0.2, -0.15) is 0 Å². The SMILES string of the molecule is O=Cc1cnc2n1CCCN2. The molecule has 0 atom stereocenters. The molecule has 0 aliphatic carbocycles. The second-order valence-corrected chi connectivity index (χ2v) is 2.56. The van der Waals surface area contributed by atoms with Crippen molar-refractivity contribution in [1.82, 2.24) is 9.55 Å². The average molecular weight is 151 g/mol. The van der Waals surface area contributed by atoms with Crippen LogP contribution in [0.15, 0.2) is 6.20 Å². The van der Waals surface area contributed by atoms with Crippen LogP contribution in [0.3, 0.4) is 0 Å². The van der Waals surface area contributed by atoms with E-state index in [1.807, 2.05) is 4.57 Å². The number of carbonyl (C=O) groups excluding carboxylic acids is 1. The van der Waals surface area contributed by atoms with E-state index >= 15 is 0 Å². The van der Waals surface area contributed by atoms with Crippen molar-refractivity contribution in [3.63, 3.8) is 0 Å². The molecule has 0 fully saturated rings. The lowest BCUT2D eigenvalue weighted by molar-refractivity contribution is 0.111. The molecule has 0 bridgehead atoms. The molecule has 4 heteroatoms. The van der Waals surface area contributed by atoms with Gasteiger partial charge in [-0.05, 0) is 6.42 Å². The first-order valence-electron chi connectivity index (χ1n) is 3.66. The number of aromatic nitrogens is 2. The minimum absolute atomic E-state index is 0.659. The molecule has 58 valence electrons. The van der Waals surface area contributed by atoms with Crippen molar-refractivity contribution in [1.29, 1.82) is 0 Å². The monoisotopic (exact) mass is 151 g/mol. The van der Waals surface area contributed by atoms with E-state index in [4.69, 9.17) is 0 Å². The Labute approximate surface area is 64.2 Å². The zero-order valence-electron chi connectivity index (χ0n) is 6.08. The molecule has 2 heterocycles. The maximum Gasteiger partial charge on any atom is 0.203 e. The predicted molar refractivity (Wildman–Crippen MR) is 40.7 cm³/mol. The maximum absolute atomic E-state index is 10.5. The van der Waals surface area contributed by atoms with Gasteiger partial charge < -0.3 is 9.88 Å². The first-order chi connectivity index (χ1) is 5.42. The molecule has 0 saturated heterocycles. The first-order valence-corrected chi connectivity index (χ1v) is 3.66. The Kier molecular flexibility index (Phi) is 1.38. The van der Waals surface area contributed by atoms with Gasteiger partial charge in [0.1, 0.15) is 5.69 Å². The Hall–Kier alpha value is -1.32. The van der Waals surface area contributed by atoms with Gasteiger partial charge in [-0.25, -0.2) is 4.98 Å². The number of rotatable bonds is 1. The van der Waals surface area contributed by atoms with Crippen LogP contribution in [0, 0.1) is 0 Å². The minimum atomic E-state index is 0.659. The fourth-order valence-corrected chi connectivity index (χ4v) is 1.30. The van der Waals surface area contributed by atoms with Crippen molar-refractivity contribution >= 4 is 12.2 Å². The molecule has 0 amide bonds. The van der Waals surface area contributed by atoms with Crippen LogP contribution in [0.4, 0.5) is 5.95 Å². The minimum Gasteiger partial charge on any atom is -0.356 e. The third-order valence-electron chi connectivity index (χ3n) is 1.85. The molecule has 1 aliphatic heterocycles. The van der Waals surface area contributed by atoms with Gasteiger partial charge in [0.2, 0.25) is 5.95 Å². The van der Waals surface area contributed by atoms with Crippen molar-refractivity contribution in [2.24, 2.45) is 0 Å². The van der Waals surface area contributed by atoms with E-state index < -0.39 is 0 Å². The quantitative estimate of drug-likeness (QED) is 0.595. The Balaban J connectivity index is 2.45. The summed E-state index contributed by atoms with van der Waals surface area (Å²) in [6.45, 7) is 1.85. The summed E-state index contributed by atoms with van der Waals surface area (Å²) in [6.07, 6.45) is 3.49. The number of carbonyl (C=O) groups is 1. The smallest absolute Gasteiger partial charge is 0.203 e. The number of hydrogen-bond donors (Lipinski definition) is 1. The summed E-state index contributed by atoms with van der Waals surface area (Å²) < 4.78 is 1.90. The van der Waals surface area contributed by atoms with Gasteiger partial charge in [-0.15, -0.1) is 0 Å². The molecule has 0 aromatic carbocycles. The van der Waals surface area contributed by atoms with E-state index in [0.717, 1.165) is 31.7 Å². The van der Waals surface area contributed by atoms with Crippen LogP contribution in [0.25, 0.3) is 0 Å². The number of anilines is 1. The summed E-state index contributed by atoms with van der Waals surface area (Å²) in [4.78, 5) is 14.5. The Bertz CT molecular complexity index is 279. The van der Waals surface area contributed by atoms with E-state index in [1.165, 1.54) is 0 Å². The van der Waals surface area contributed by atoms with E-state index in [2.05, 4.69) is 10.3 Å². The molecule has 1 aromatic heterocycles. The topological polar surface area (TPSA) is 46.9 Å². The second-order valence-electron chi connectivity index (χ2n) is 2.56. The van der Waals surface area contributed by atoms with Crippen LogP contribution in [-0.2, 0) is 6.54 Å². The summed E-state index contributed by atoms with van der Waals surface area (Å²) in [5.41, 5.74) is 0.659. The lowest BCUT2D eigenvalue weighted by atomic mass is 10.3. The largest absolute Gasteiger partial charge is 0.356 e. The Morgan fingerprint density at radius 2 is 2.64 bits per heavy atom. The molecule has 1 aromatic rings. The van der Waals surface area contributed by atoms with Crippen LogP contribution in [0.1, 0.15) is 16.9 Å². The number of aldehydes is 1. The van der Waals surface area contributed by atoms with Crippen LogP contribution in [-0.4, -0.2) is 22.4 Å². The normalized spacial score (nSPS) is 15.3. The number of nitrogens with zero attached hydrogens (tertiary/aromatic N) is 2. The van der Waals surface area contributed by atoms with Crippen LogP contribution >= 0.6 is 0 Å². The lowest BCUT2D eigenvalue weighted by Gasteiger charge is -2.15. The zero-order valence-corrected chi connectivity index (χ0v) is 6.08. The van der Waals surface area contributed by atoms with E-state index in [1.54, 1.807) is 6.20 Å². The van der Waals surface area contributed by atoms with E-state index in [9.17, 15) is 4.79 Å². The Morgan fingerprint density at radius 1 is 1.73 bits per heavy atom. The third-order valence-corrected chi connectivity index (χ3v) is 1.85. The van der Waals surface area contributed by atoms with Gasteiger partial charge in [0, 0.05) is 13.1 Å². The number of hydrogen-bond acceptors (Lipinski definition) is 3. The highest BCUT2D eigenvalue weighted by molar-refractivity contribution is 5.73. The van der Waals surface area contributed by atoms with Gasteiger partial charge >= 0.3 is 0 Å². The molecule has 0 radical (unpaired) electrons. The van der Waals surface area contributed by atoms with E-state index in [-0.39, 0.29) is 0 Å². The van der Waals surface area contributed by atoms with Gasteiger partial charge in [0.15, 0.2) is 6.29 Å². The molecule has 0 spiro atoms. The number of fused-ring (bicyclic) bond motifs is 1. The third kappa shape index (κ3) is 0.906. The number of nitrogens with one attached hydrogen (secondary N) is 1. The molecule has 4 nitrogen and oxygen atoms in total. The fourth-order valence-electron chi connectivity index (χ4n) is 1.30. The highest BCUT2D eigenvalue weighted by atomic mass is 16.1. The van der Waals surface area contributed by atoms with Crippen molar-refractivity contribution < 1.29 is 4.79 Å². The van der Waals surface area contributed by atoms with Crippen molar-refractivity contribution in [3.05, 3.63) is 11.9 Å². The molecular formula is C7H9N3O. The van der Waals surface area contributed by atoms with Crippen molar-refractivity contribution in [2.45, 2.75) is 13.0 Å². The average Bonchev–Trinajstić information content (AvgIpc) is 2.47. The van der Waals surface area contributed by atoms with Gasteiger partial charge in [0.25, 0.3) is 0 Å². The van der Waals surface area contributed by atoms with Gasteiger partial charge in [0.05, 0.1) is 6.20 Å². The van der Waals surface area contributed by atoms with Gasteiger partial charge in [-0.3, -0.25) is 4.79 Å². The fraction of sp³-hybridized carbons (Fsp3) is 0.429. The molecule has 11 heavy (non-hydrogen) atoms. The van der Waals surface area contributed by atoms with Crippen LogP contribution in [0.2, 0.25) is 0 Å². The Morgan fingerprint density at radius 3 is 3.45 bits per heavy atom. The highest BCUT2D eigenvalue weighted by Crippen LogP contribution is 2.13. The number of imidazole rings is 1. The summed E-state index contributed by atoms with van der Waals surface area (Å²) in [7, 11) is 0. The first kappa shape index (κ1) is 6.39. The van der Waals surface area contributed by atoms with Crippen LogP contribution < -0.4 is 5.32 Å². The summed E-state index contributed by atoms with van der Waals surface area (Å²) >= 11 is 0. The molecule has 0 saturated carbocycles. The molecular weight excluding hydrogens is 142 g/mol. The summed E-state index contributed by atoms with van der Waals surface area (Å²) in [5.74, 6) is 0.818. The predicted octanol–water partition coefficient (Wildman–Crippen LogP) is 0.511. The molecule has 1 N–H and O–H groups in total. The summed E-state index contributed by atoms with van der Waals surface area (Å²) in [6, 6.07) is 0.